The monoisotopic (exact) mass is 752 g/mol. The van der Waals surface area contributed by atoms with Crippen molar-refractivity contribution >= 4 is 5.78 Å². The topological polar surface area (TPSA) is 194 Å². The van der Waals surface area contributed by atoms with Crippen LogP contribution in [0.15, 0.2) is 11.6 Å². The summed E-state index contributed by atoms with van der Waals surface area (Å²) >= 11 is 0. The molecule has 0 bridgehead atoms. The lowest BCUT2D eigenvalue weighted by molar-refractivity contribution is -0.354. The molecule has 6 fully saturated rings. The summed E-state index contributed by atoms with van der Waals surface area (Å²) in [6.45, 7) is 10.3. The molecule has 3 aliphatic heterocycles. The van der Waals surface area contributed by atoms with E-state index in [-0.39, 0.29) is 46.6 Å². The van der Waals surface area contributed by atoms with Crippen LogP contribution in [0.5, 0.6) is 0 Å². The van der Waals surface area contributed by atoms with Crippen LogP contribution in [0, 0.1) is 46.3 Å². The van der Waals surface area contributed by atoms with Crippen molar-refractivity contribution in [2.45, 2.75) is 172 Å². The predicted molar refractivity (Wildman–Crippen MR) is 189 cm³/mol. The highest BCUT2D eigenvalue weighted by Gasteiger charge is 2.61. The average molecular weight is 753 g/mol. The summed E-state index contributed by atoms with van der Waals surface area (Å²) in [5.74, 6) is 1.28. The zero-order valence-corrected chi connectivity index (χ0v) is 32.2. The molecule has 13 nitrogen and oxygen atoms in total. The molecule has 6 N–H and O–H groups in total. The smallest absolute Gasteiger partial charge is 0.189 e. The van der Waals surface area contributed by atoms with E-state index in [2.05, 4.69) is 27.7 Å². The molecule has 302 valence electrons. The van der Waals surface area contributed by atoms with Gasteiger partial charge in [-0.1, -0.05) is 33.3 Å². The molecule has 3 saturated heterocycles. The lowest BCUT2D eigenvalue weighted by atomic mass is 9.47. The highest BCUT2D eigenvalue weighted by Crippen LogP contribution is 2.67. The van der Waals surface area contributed by atoms with E-state index in [9.17, 15) is 35.4 Å². The second-order valence-corrected chi connectivity index (χ2v) is 18.2. The van der Waals surface area contributed by atoms with E-state index in [1.54, 1.807) is 6.92 Å². The fourth-order valence-electron chi connectivity index (χ4n) is 12.0. The number of ketones is 1. The Kier molecular flexibility index (Phi) is 11.6. The Morgan fingerprint density at radius 1 is 0.774 bits per heavy atom. The fraction of sp³-hybridized carbons (Fsp3) is 0.925. The molecule has 13 heteroatoms. The van der Waals surface area contributed by atoms with E-state index in [1.165, 1.54) is 12.7 Å². The van der Waals surface area contributed by atoms with E-state index >= 15 is 0 Å². The van der Waals surface area contributed by atoms with Gasteiger partial charge in [0, 0.05) is 18.9 Å². The number of hydrogen-bond donors (Lipinski definition) is 6. The maximum atomic E-state index is 14.1. The molecular formula is C40H64O13. The van der Waals surface area contributed by atoms with Crippen LogP contribution in [0.2, 0.25) is 0 Å². The highest BCUT2D eigenvalue weighted by atomic mass is 16.8. The Balaban J connectivity index is 1.01. The molecule has 0 aromatic carbocycles. The number of rotatable bonds is 8. The van der Waals surface area contributed by atoms with Gasteiger partial charge in [-0.15, -0.1) is 0 Å². The van der Waals surface area contributed by atoms with E-state index in [0.29, 0.717) is 30.6 Å². The Labute approximate surface area is 313 Å². The number of allylic oxidation sites excluding steroid dienone is 2. The van der Waals surface area contributed by atoms with Gasteiger partial charge < -0.3 is 59.1 Å². The standard InChI is InChI=1S/C40H64O13/c1-18-7-10-28(51-36(18)53-38-34(47)35(48-6)30(43)20(3)49-38)19(2)23-8-9-24-22-16-27(42)26-15-21(11-13-40(26,5)25(22)12-14-39(23,24)4)50-37-33(46)32(45)31(44)29(17-41)52-37/h16,18-21,23-26,28-38,41,43-47H,7-15,17H2,1-6H3/t18-,19+,20+,21+,23-,24+,25+,26-,28+,29-,30+,31-,32+,33-,34-,35-,36+,37-,38+,39-,40-/m1/s1. The van der Waals surface area contributed by atoms with Crippen molar-refractivity contribution in [3.8, 4) is 0 Å². The zero-order chi connectivity index (χ0) is 38.1. The fourth-order valence-corrected chi connectivity index (χ4v) is 12.0. The van der Waals surface area contributed by atoms with E-state index < -0.39 is 74.3 Å². The minimum absolute atomic E-state index is 0.0252. The van der Waals surface area contributed by atoms with Crippen molar-refractivity contribution in [2.75, 3.05) is 13.7 Å². The summed E-state index contributed by atoms with van der Waals surface area (Å²) in [6.07, 6.45) is -2.17. The number of fused-ring (bicyclic) bond motifs is 5. The summed E-state index contributed by atoms with van der Waals surface area (Å²) in [7, 11) is 1.46. The number of hydrogen-bond acceptors (Lipinski definition) is 13. The molecule has 7 rings (SSSR count). The highest BCUT2D eigenvalue weighted by molar-refractivity contribution is 5.94. The molecule has 3 saturated carbocycles. The van der Waals surface area contributed by atoms with Gasteiger partial charge in [-0.3, -0.25) is 4.79 Å². The lowest BCUT2D eigenvalue weighted by Crippen LogP contribution is -2.60. The first-order valence-corrected chi connectivity index (χ1v) is 20.2. The van der Waals surface area contributed by atoms with Crippen molar-refractivity contribution in [3.05, 3.63) is 11.6 Å². The van der Waals surface area contributed by atoms with Crippen LogP contribution in [0.4, 0.5) is 0 Å². The Bertz CT molecular complexity index is 1340. The van der Waals surface area contributed by atoms with Crippen LogP contribution in [-0.4, -0.2) is 130 Å². The number of ether oxygens (including phenoxy) is 6. The van der Waals surface area contributed by atoms with Crippen LogP contribution in [0.1, 0.15) is 92.4 Å². The van der Waals surface area contributed by atoms with Crippen LogP contribution >= 0.6 is 0 Å². The molecule has 0 radical (unpaired) electrons. The first kappa shape index (κ1) is 40.1. The molecule has 7 aliphatic rings. The van der Waals surface area contributed by atoms with Crippen LogP contribution < -0.4 is 0 Å². The number of methoxy groups -OCH3 is 1. The maximum absolute atomic E-state index is 14.1. The molecule has 0 amide bonds. The summed E-state index contributed by atoms with van der Waals surface area (Å²) in [4.78, 5) is 14.1. The maximum Gasteiger partial charge on any atom is 0.189 e. The Hall–Kier alpha value is -1.07. The third-order valence-corrected chi connectivity index (χ3v) is 15.3. The van der Waals surface area contributed by atoms with Crippen molar-refractivity contribution < 1.29 is 63.9 Å². The van der Waals surface area contributed by atoms with Gasteiger partial charge in [-0.2, -0.15) is 0 Å². The molecule has 0 aromatic rings. The summed E-state index contributed by atoms with van der Waals surface area (Å²) < 4.78 is 36.1. The minimum atomic E-state index is -1.51. The summed E-state index contributed by atoms with van der Waals surface area (Å²) in [5.41, 5.74) is 1.13. The predicted octanol–water partition coefficient (Wildman–Crippen LogP) is 2.21. The van der Waals surface area contributed by atoms with Gasteiger partial charge in [0.05, 0.1) is 24.9 Å². The molecular weight excluding hydrogens is 688 g/mol. The third kappa shape index (κ3) is 6.90. The van der Waals surface area contributed by atoms with E-state index in [1.807, 2.05) is 6.08 Å². The van der Waals surface area contributed by atoms with Crippen molar-refractivity contribution in [1.29, 1.82) is 0 Å². The van der Waals surface area contributed by atoms with E-state index in [0.717, 1.165) is 44.9 Å². The average Bonchev–Trinajstić information content (AvgIpc) is 3.49. The van der Waals surface area contributed by atoms with Crippen LogP contribution in [-0.2, 0) is 33.2 Å². The molecule has 4 aliphatic carbocycles. The first-order valence-electron chi connectivity index (χ1n) is 20.2. The second-order valence-electron chi connectivity index (χ2n) is 18.2. The minimum Gasteiger partial charge on any atom is -0.394 e. The number of aliphatic hydroxyl groups is 6. The third-order valence-electron chi connectivity index (χ3n) is 15.3. The Morgan fingerprint density at radius 2 is 1.47 bits per heavy atom. The first-order chi connectivity index (χ1) is 25.1. The summed E-state index contributed by atoms with van der Waals surface area (Å²) in [5, 5.41) is 62.0. The molecule has 21 atom stereocenters. The van der Waals surface area contributed by atoms with Crippen LogP contribution in [0.25, 0.3) is 0 Å². The van der Waals surface area contributed by atoms with Crippen molar-refractivity contribution in [3.63, 3.8) is 0 Å². The van der Waals surface area contributed by atoms with Gasteiger partial charge in [0.25, 0.3) is 0 Å². The molecule has 53 heavy (non-hydrogen) atoms. The van der Waals surface area contributed by atoms with Gasteiger partial charge in [-0.05, 0) is 105 Å². The molecule has 0 aromatic heterocycles. The van der Waals surface area contributed by atoms with Crippen LogP contribution in [0.3, 0.4) is 0 Å². The number of aliphatic hydroxyl groups excluding tert-OH is 6. The zero-order valence-electron chi connectivity index (χ0n) is 32.2. The normalized spacial score (nSPS) is 53.7. The SMILES string of the molecule is CO[C@@H]1[C@@H](O)[C@H](C)O[C@@H](O[C@@H]2O[C@H]([C@@H](C)[C@H]3CC[C@H]4C5=CC(=O)[C@H]6C[C@@H](O[C@@H]7O[C@H](CO)[C@@H](O)[C@H](O)[C@H]7O)CC[C@]6(C)[C@H]5CC[C@]34C)CC[C@H]2C)[C@@H]1O. The summed E-state index contributed by atoms with van der Waals surface area (Å²) in [6, 6.07) is 0. The Morgan fingerprint density at radius 3 is 2.19 bits per heavy atom. The number of carbonyl (C=O) groups excluding carboxylic acids is 1. The molecule has 0 spiro atoms. The molecule has 3 heterocycles. The van der Waals surface area contributed by atoms with Gasteiger partial charge in [-0.25, -0.2) is 0 Å². The lowest BCUT2D eigenvalue weighted by Gasteiger charge is -2.57. The van der Waals surface area contributed by atoms with Gasteiger partial charge in [0.1, 0.15) is 42.7 Å². The van der Waals surface area contributed by atoms with Crippen molar-refractivity contribution in [1.82, 2.24) is 0 Å². The largest absolute Gasteiger partial charge is 0.394 e. The van der Waals surface area contributed by atoms with E-state index in [4.69, 9.17) is 28.4 Å². The quantitative estimate of drug-likeness (QED) is 0.212. The van der Waals surface area contributed by atoms with Gasteiger partial charge >= 0.3 is 0 Å². The molecule has 0 unspecified atom stereocenters. The second kappa shape index (κ2) is 15.4. The van der Waals surface area contributed by atoms with Gasteiger partial charge in [0.15, 0.2) is 24.7 Å². The van der Waals surface area contributed by atoms with Crippen molar-refractivity contribution in [2.24, 2.45) is 46.3 Å². The van der Waals surface area contributed by atoms with Gasteiger partial charge in [0.2, 0.25) is 0 Å². The number of carbonyl (C=O) groups is 1.